The summed E-state index contributed by atoms with van der Waals surface area (Å²) in [5.74, 6) is 0.101. The third-order valence-corrected chi connectivity index (χ3v) is 5.00. The highest BCUT2D eigenvalue weighted by Gasteiger charge is 2.49. The minimum Gasteiger partial charge on any atom is -0.310 e. The van der Waals surface area contributed by atoms with Gasteiger partial charge in [0.25, 0.3) is 0 Å². The molecule has 1 amide bonds. The van der Waals surface area contributed by atoms with Crippen molar-refractivity contribution in [2.24, 2.45) is 0 Å². The van der Waals surface area contributed by atoms with Crippen LogP contribution >= 0.6 is 0 Å². The molecular formula is C18H18FN3O. The molecule has 23 heavy (non-hydrogen) atoms. The van der Waals surface area contributed by atoms with Crippen LogP contribution in [0.4, 0.5) is 10.2 Å². The molecule has 0 saturated carbocycles. The maximum absolute atomic E-state index is 13.6. The van der Waals surface area contributed by atoms with Crippen LogP contribution in [0, 0.1) is 5.82 Å². The van der Waals surface area contributed by atoms with Gasteiger partial charge in [-0.25, -0.2) is 9.37 Å². The van der Waals surface area contributed by atoms with E-state index >= 15 is 0 Å². The quantitative estimate of drug-likeness (QED) is 0.927. The number of rotatable bonds is 2. The smallest absolute Gasteiger partial charge is 0.236 e. The Morgan fingerprint density at radius 3 is 2.70 bits per heavy atom. The molecule has 1 aromatic heterocycles. The van der Waals surface area contributed by atoms with Gasteiger partial charge >= 0.3 is 0 Å². The number of likely N-dealkylation sites (tertiary alicyclic amines) is 1. The molecular weight excluding hydrogens is 293 g/mol. The second-order valence-electron chi connectivity index (χ2n) is 6.35. The number of halogens is 1. The number of hydrogen-bond acceptors (Lipinski definition) is 3. The van der Waals surface area contributed by atoms with Crippen molar-refractivity contribution >= 4 is 11.7 Å². The van der Waals surface area contributed by atoms with Crippen molar-refractivity contribution in [2.75, 3.05) is 18.4 Å². The van der Waals surface area contributed by atoms with Crippen molar-refractivity contribution < 1.29 is 9.18 Å². The van der Waals surface area contributed by atoms with E-state index in [1.54, 1.807) is 0 Å². The molecule has 0 radical (unpaired) electrons. The Hall–Kier alpha value is -2.27. The van der Waals surface area contributed by atoms with E-state index in [4.69, 9.17) is 0 Å². The highest BCUT2D eigenvalue weighted by molar-refractivity contribution is 6.05. The number of piperidine rings is 1. The van der Waals surface area contributed by atoms with Gasteiger partial charge in [-0.15, -0.1) is 0 Å². The highest BCUT2D eigenvalue weighted by Crippen LogP contribution is 2.44. The topological polar surface area (TPSA) is 45.2 Å². The second-order valence-corrected chi connectivity index (χ2v) is 6.35. The van der Waals surface area contributed by atoms with Crippen molar-refractivity contribution in [1.29, 1.82) is 0 Å². The zero-order chi connectivity index (χ0) is 15.9. The van der Waals surface area contributed by atoms with Crippen LogP contribution in [-0.2, 0) is 16.8 Å². The summed E-state index contributed by atoms with van der Waals surface area (Å²) in [6.45, 7) is 2.52. The summed E-state index contributed by atoms with van der Waals surface area (Å²) in [6.07, 6.45) is 2.55. The largest absolute Gasteiger partial charge is 0.310 e. The molecule has 0 bridgehead atoms. The van der Waals surface area contributed by atoms with Crippen molar-refractivity contribution in [3.63, 3.8) is 0 Å². The van der Waals surface area contributed by atoms with E-state index in [2.05, 4.69) is 27.3 Å². The Labute approximate surface area is 134 Å². The average molecular weight is 311 g/mol. The van der Waals surface area contributed by atoms with Crippen LogP contribution in [0.15, 0.2) is 42.6 Å². The molecule has 2 aromatic rings. The number of nitrogens with zero attached hydrogens (tertiary/aromatic N) is 2. The summed E-state index contributed by atoms with van der Waals surface area (Å²) >= 11 is 0. The van der Waals surface area contributed by atoms with Crippen LogP contribution in [0.3, 0.4) is 0 Å². The van der Waals surface area contributed by atoms with E-state index in [0.717, 1.165) is 31.4 Å². The molecule has 1 saturated heterocycles. The number of pyridine rings is 1. The van der Waals surface area contributed by atoms with Gasteiger partial charge in [-0.05, 0) is 37.6 Å². The second kappa shape index (κ2) is 5.42. The predicted octanol–water partition coefficient (Wildman–Crippen LogP) is 2.71. The summed E-state index contributed by atoms with van der Waals surface area (Å²) in [5.41, 5.74) is 1.38. The number of nitrogens with one attached hydrogen (secondary N) is 1. The highest BCUT2D eigenvalue weighted by atomic mass is 19.1. The van der Waals surface area contributed by atoms with Crippen molar-refractivity contribution in [3.05, 3.63) is 59.5 Å². The van der Waals surface area contributed by atoms with E-state index in [-0.39, 0.29) is 11.7 Å². The molecule has 0 aliphatic carbocycles. The molecule has 4 rings (SSSR count). The molecule has 5 heteroatoms. The van der Waals surface area contributed by atoms with Gasteiger partial charge in [0.05, 0.1) is 11.6 Å². The summed E-state index contributed by atoms with van der Waals surface area (Å²) in [7, 11) is 0. The van der Waals surface area contributed by atoms with Gasteiger partial charge in [0.2, 0.25) is 5.91 Å². The number of hydrogen-bond donors (Lipinski definition) is 1. The van der Waals surface area contributed by atoms with E-state index in [1.165, 1.54) is 11.6 Å². The van der Waals surface area contributed by atoms with Gasteiger partial charge in [-0.1, -0.05) is 30.3 Å². The summed E-state index contributed by atoms with van der Waals surface area (Å²) in [5, 5.41) is 2.81. The van der Waals surface area contributed by atoms with Crippen molar-refractivity contribution in [2.45, 2.75) is 24.8 Å². The van der Waals surface area contributed by atoms with Gasteiger partial charge in [-0.2, -0.15) is 0 Å². The molecule has 0 unspecified atom stereocenters. The lowest BCUT2D eigenvalue weighted by Gasteiger charge is -2.37. The lowest BCUT2D eigenvalue weighted by atomic mass is 9.74. The fraction of sp³-hybridized carbons (Fsp3) is 0.333. The SMILES string of the molecule is O=C1Nc2ncc(F)cc2C12CCN(Cc1ccccc1)CC2. The zero-order valence-electron chi connectivity index (χ0n) is 12.8. The molecule has 2 aliphatic rings. The summed E-state index contributed by atoms with van der Waals surface area (Å²) < 4.78 is 13.6. The van der Waals surface area contributed by atoms with Crippen LogP contribution in [0.1, 0.15) is 24.0 Å². The third kappa shape index (κ3) is 2.41. The van der Waals surface area contributed by atoms with Crippen LogP contribution in [-0.4, -0.2) is 28.9 Å². The van der Waals surface area contributed by atoms with E-state index in [1.807, 2.05) is 18.2 Å². The first-order chi connectivity index (χ1) is 11.2. The Bertz CT molecular complexity index is 739. The minimum atomic E-state index is -0.613. The van der Waals surface area contributed by atoms with Gasteiger partial charge in [0, 0.05) is 12.1 Å². The zero-order valence-corrected chi connectivity index (χ0v) is 12.8. The molecule has 2 aliphatic heterocycles. The Balaban J connectivity index is 1.53. The van der Waals surface area contributed by atoms with Crippen molar-refractivity contribution in [1.82, 2.24) is 9.88 Å². The molecule has 1 spiro atoms. The minimum absolute atomic E-state index is 0.0371. The Morgan fingerprint density at radius 2 is 1.96 bits per heavy atom. The predicted molar refractivity (Wildman–Crippen MR) is 85.5 cm³/mol. The normalized spacial score (nSPS) is 19.6. The monoisotopic (exact) mass is 311 g/mol. The van der Waals surface area contributed by atoms with Gasteiger partial charge < -0.3 is 5.32 Å². The lowest BCUT2D eigenvalue weighted by Crippen LogP contribution is -2.46. The number of anilines is 1. The fourth-order valence-corrected chi connectivity index (χ4v) is 3.68. The Kier molecular flexibility index (Phi) is 3.38. The standard InChI is InChI=1S/C18H18FN3O/c19-14-10-15-16(20-11-14)21-17(23)18(15)6-8-22(9-7-18)12-13-4-2-1-3-5-13/h1-5,10-11H,6-9,12H2,(H,20,21,23). The van der Waals surface area contributed by atoms with Gasteiger partial charge in [0.1, 0.15) is 11.6 Å². The molecule has 3 heterocycles. The molecule has 0 atom stereocenters. The number of benzene rings is 1. The van der Waals surface area contributed by atoms with Crippen LogP contribution < -0.4 is 5.32 Å². The summed E-state index contributed by atoms with van der Waals surface area (Å²) in [6, 6.07) is 11.8. The number of carbonyl (C=O) groups is 1. The fourth-order valence-electron chi connectivity index (χ4n) is 3.68. The first-order valence-corrected chi connectivity index (χ1v) is 7.91. The number of aromatic nitrogens is 1. The van der Waals surface area contributed by atoms with E-state index in [9.17, 15) is 9.18 Å². The number of carbonyl (C=O) groups excluding carboxylic acids is 1. The first-order valence-electron chi connectivity index (χ1n) is 7.91. The van der Waals surface area contributed by atoms with Gasteiger partial charge in [0.15, 0.2) is 0 Å². The van der Waals surface area contributed by atoms with Crippen molar-refractivity contribution in [3.8, 4) is 0 Å². The summed E-state index contributed by atoms with van der Waals surface area (Å²) in [4.78, 5) is 18.9. The van der Waals surface area contributed by atoms with Crippen LogP contribution in [0.5, 0.6) is 0 Å². The van der Waals surface area contributed by atoms with Crippen LogP contribution in [0.2, 0.25) is 0 Å². The lowest BCUT2D eigenvalue weighted by molar-refractivity contribution is -0.122. The molecule has 4 nitrogen and oxygen atoms in total. The molecule has 1 aromatic carbocycles. The molecule has 118 valence electrons. The van der Waals surface area contributed by atoms with Gasteiger partial charge in [-0.3, -0.25) is 9.69 Å². The molecule has 1 N–H and O–H groups in total. The molecule has 1 fully saturated rings. The van der Waals surface area contributed by atoms with E-state index in [0.29, 0.717) is 18.7 Å². The first kappa shape index (κ1) is 14.3. The number of amides is 1. The third-order valence-electron chi connectivity index (χ3n) is 5.00. The maximum Gasteiger partial charge on any atom is 0.236 e. The Morgan fingerprint density at radius 1 is 1.22 bits per heavy atom. The maximum atomic E-state index is 13.6. The van der Waals surface area contributed by atoms with Crippen LogP contribution in [0.25, 0.3) is 0 Å². The van der Waals surface area contributed by atoms with E-state index < -0.39 is 5.41 Å². The number of fused-ring (bicyclic) bond motifs is 2. The average Bonchev–Trinajstić information content (AvgIpc) is 2.83.